The van der Waals surface area contributed by atoms with E-state index in [1.807, 2.05) is 4.90 Å². The average Bonchev–Trinajstić information content (AvgIpc) is 2.61. The van der Waals surface area contributed by atoms with Crippen molar-refractivity contribution in [3.8, 4) is 0 Å². The van der Waals surface area contributed by atoms with Gasteiger partial charge in [-0.2, -0.15) is 0 Å². The number of amides is 1. The van der Waals surface area contributed by atoms with Crippen LogP contribution in [0.5, 0.6) is 0 Å². The van der Waals surface area contributed by atoms with Gasteiger partial charge >= 0.3 is 5.97 Å². The lowest BCUT2D eigenvalue weighted by atomic mass is 10.2. The maximum Gasteiger partial charge on any atom is 0.303 e. The molecule has 6 nitrogen and oxygen atoms in total. The number of aliphatic carboxylic acids is 1. The number of rotatable bonds is 7. The molecule has 0 aromatic carbocycles. The minimum atomic E-state index is -0.839. The van der Waals surface area contributed by atoms with E-state index in [-0.39, 0.29) is 12.3 Å². The van der Waals surface area contributed by atoms with Crippen molar-refractivity contribution in [2.75, 3.05) is 46.4 Å². The Labute approximate surface area is 114 Å². The molecular formula is C13H24N2O4. The van der Waals surface area contributed by atoms with Crippen molar-refractivity contribution < 1.29 is 19.4 Å². The van der Waals surface area contributed by atoms with Crippen LogP contribution in [-0.4, -0.2) is 73.2 Å². The summed E-state index contributed by atoms with van der Waals surface area (Å²) in [6.07, 6.45) is 1.80. The zero-order valence-electron chi connectivity index (χ0n) is 11.6. The Bertz CT molecular complexity index is 296. The lowest BCUT2D eigenvalue weighted by Gasteiger charge is -2.21. The zero-order valence-corrected chi connectivity index (χ0v) is 11.6. The Morgan fingerprint density at radius 2 is 1.95 bits per heavy atom. The van der Waals surface area contributed by atoms with Crippen molar-refractivity contribution >= 4 is 11.9 Å². The monoisotopic (exact) mass is 272 g/mol. The van der Waals surface area contributed by atoms with E-state index in [4.69, 9.17) is 9.84 Å². The largest absolute Gasteiger partial charge is 0.481 e. The topological polar surface area (TPSA) is 70.1 Å². The summed E-state index contributed by atoms with van der Waals surface area (Å²) in [5.41, 5.74) is 0. The molecule has 1 aliphatic heterocycles. The number of ether oxygens (including phenoxy) is 1. The Morgan fingerprint density at radius 3 is 2.63 bits per heavy atom. The van der Waals surface area contributed by atoms with Crippen LogP contribution in [0.2, 0.25) is 0 Å². The number of hydrogen-bond acceptors (Lipinski definition) is 4. The van der Waals surface area contributed by atoms with Crippen LogP contribution in [-0.2, 0) is 14.3 Å². The Kier molecular flexibility index (Phi) is 7.43. The number of carboxylic acids is 1. The van der Waals surface area contributed by atoms with E-state index in [0.717, 1.165) is 39.1 Å². The summed E-state index contributed by atoms with van der Waals surface area (Å²) in [5.74, 6) is -0.760. The smallest absolute Gasteiger partial charge is 0.303 e. The first kappa shape index (κ1) is 15.9. The van der Waals surface area contributed by atoms with Gasteiger partial charge in [-0.1, -0.05) is 0 Å². The Hall–Kier alpha value is -1.14. The summed E-state index contributed by atoms with van der Waals surface area (Å²) < 4.78 is 5.06. The SMILES string of the molecule is COCCN1CCCN(C(=O)CCCC(=O)O)CC1. The molecule has 110 valence electrons. The van der Waals surface area contributed by atoms with Crippen LogP contribution in [0.15, 0.2) is 0 Å². The van der Waals surface area contributed by atoms with Crippen molar-refractivity contribution in [1.29, 1.82) is 0 Å². The quantitative estimate of drug-likeness (QED) is 0.727. The zero-order chi connectivity index (χ0) is 14.1. The molecular weight excluding hydrogens is 248 g/mol. The highest BCUT2D eigenvalue weighted by Gasteiger charge is 2.18. The number of nitrogens with zero attached hydrogens (tertiary/aromatic N) is 2. The predicted molar refractivity (Wildman–Crippen MR) is 71.0 cm³/mol. The second-order valence-corrected chi connectivity index (χ2v) is 4.82. The maximum atomic E-state index is 11.9. The standard InChI is InChI=1S/C13H24N2O4/c1-19-11-10-14-6-3-7-15(9-8-14)12(16)4-2-5-13(17)18/h2-11H2,1H3,(H,17,18). The fourth-order valence-electron chi connectivity index (χ4n) is 2.21. The van der Waals surface area contributed by atoms with E-state index in [1.165, 1.54) is 0 Å². The van der Waals surface area contributed by atoms with E-state index in [9.17, 15) is 9.59 Å². The summed E-state index contributed by atoms with van der Waals surface area (Å²) in [6, 6.07) is 0. The predicted octanol–water partition coefficient (Wildman–Crippen LogP) is 0.422. The highest BCUT2D eigenvalue weighted by Crippen LogP contribution is 2.07. The molecule has 0 radical (unpaired) electrons. The van der Waals surface area contributed by atoms with Crippen LogP contribution in [0.25, 0.3) is 0 Å². The second-order valence-electron chi connectivity index (χ2n) is 4.82. The normalized spacial score (nSPS) is 17.2. The first-order valence-corrected chi connectivity index (χ1v) is 6.84. The van der Waals surface area contributed by atoms with E-state index in [0.29, 0.717) is 19.4 Å². The summed E-state index contributed by atoms with van der Waals surface area (Å²) in [5, 5.41) is 8.56. The van der Waals surface area contributed by atoms with Crippen LogP contribution in [0.3, 0.4) is 0 Å². The van der Waals surface area contributed by atoms with Gasteiger partial charge in [-0.25, -0.2) is 0 Å². The molecule has 1 N–H and O–H groups in total. The molecule has 0 aromatic rings. The van der Waals surface area contributed by atoms with E-state index in [2.05, 4.69) is 4.90 Å². The first-order valence-electron chi connectivity index (χ1n) is 6.84. The molecule has 0 saturated carbocycles. The van der Waals surface area contributed by atoms with Gasteiger partial charge in [-0.15, -0.1) is 0 Å². The van der Waals surface area contributed by atoms with Crippen LogP contribution in [0.4, 0.5) is 0 Å². The minimum absolute atomic E-state index is 0.0690. The van der Waals surface area contributed by atoms with Crippen LogP contribution < -0.4 is 0 Å². The van der Waals surface area contributed by atoms with Crippen LogP contribution in [0, 0.1) is 0 Å². The third-order valence-corrected chi connectivity index (χ3v) is 3.33. The number of methoxy groups -OCH3 is 1. The fraction of sp³-hybridized carbons (Fsp3) is 0.846. The van der Waals surface area contributed by atoms with E-state index < -0.39 is 5.97 Å². The Morgan fingerprint density at radius 1 is 1.16 bits per heavy atom. The highest BCUT2D eigenvalue weighted by molar-refractivity contribution is 5.77. The van der Waals surface area contributed by atoms with E-state index >= 15 is 0 Å². The van der Waals surface area contributed by atoms with Gasteiger partial charge in [0.25, 0.3) is 0 Å². The first-order chi connectivity index (χ1) is 9.13. The van der Waals surface area contributed by atoms with Crippen LogP contribution in [0.1, 0.15) is 25.7 Å². The molecule has 6 heteroatoms. The molecule has 0 aliphatic carbocycles. The summed E-state index contributed by atoms with van der Waals surface area (Å²) in [7, 11) is 1.69. The third kappa shape index (κ3) is 6.54. The molecule has 0 unspecified atom stereocenters. The van der Waals surface area contributed by atoms with Gasteiger partial charge in [0.1, 0.15) is 0 Å². The van der Waals surface area contributed by atoms with Gasteiger partial charge in [0, 0.05) is 46.1 Å². The van der Waals surface area contributed by atoms with Crippen LogP contribution >= 0.6 is 0 Å². The van der Waals surface area contributed by atoms with Gasteiger partial charge in [-0.05, 0) is 19.4 Å². The van der Waals surface area contributed by atoms with Crippen molar-refractivity contribution in [3.05, 3.63) is 0 Å². The number of carboxylic acid groups (broad SMARTS) is 1. The van der Waals surface area contributed by atoms with Gasteiger partial charge in [0.05, 0.1) is 6.61 Å². The molecule has 0 spiro atoms. The molecule has 0 bridgehead atoms. The van der Waals surface area contributed by atoms with Crippen molar-refractivity contribution in [3.63, 3.8) is 0 Å². The lowest BCUT2D eigenvalue weighted by molar-refractivity contribution is -0.137. The van der Waals surface area contributed by atoms with Gasteiger partial charge in [-0.3, -0.25) is 14.5 Å². The third-order valence-electron chi connectivity index (χ3n) is 3.33. The average molecular weight is 272 g/mol. The van der Waals surface area contributed by atoms with Crippen molar-refractivity contribution in [2.45, 2.75) is 25.7 Å². The summed E-state index contributed by atoms with van der Waals surface area (Å²) in [6.45, 7) is 4.98. The number of hydrogen-bond donors (Lipinski definition) is 1. The van der Waals surface area contributed by atoms with Gasteiger partial charge < -0.3 is 14.7 Å². The second kappa shape index (κ2) is 8.87. The highest BCUT2D eigenvalue weighted by atomic mass is 16.5. The molecule has 1 aliphatic rings. The molecule has 0 atom stereocenters. The molecule has 0 aromatic heterocycles. The van der Waals surface area contributed by atoms with Crippen molar-refractivity contribution in [2.24, 2.45) is 0 Å². The molecule has 1 fully saturated rings. The maximum absolute atomic E-state index is 11.9. The lowest BCUT2D eigenvalue weighted by Crippen LogP contribution is -2.35. The van der Waals surface area contributed by atoms with Crippen molar-refractivity contribution in [1.82, 2.24) is 9.80 Å². The molecule has 1 heterocycles. The summed E-state index contributed by atoms with van der Waals surface area (Å²) >= 11 is 0. The molecule has 1 saturated heterocycles. The van der Waals surface area contributed by atoms with Gasteiger partial charge in [0.2, 0.25) is 5.91 Å². The molecule has 19 heavy (non-hydrogen) atoms. The minimum Gasteiger partial charge on any atom is -0.481 e. The molecule has 1 amide bonds. The number of carbonyl (C=O) groups excluding carboxylic acids is 1. The Balaban J connectivity index is 2.27. The summed E-state index contributed by atoms with van der Waals surface area (Å²) in [4.78, 5) is 26.5. The van der Waals surface area contributed by atoms with E-state index in [1.54, 1.807) is 7.11 Å². The molecule has 1 rings (SSSR count). The fourth-order valence-corrected chi connectivity index (χ4v) is 2.21. The van der Waals surface area contributed by atoms with Gasteiger partial charge in [0.15, 0.2) is 0 Å². The number of carbonyl (C=O) groups is 2.